The van der Waals surface area contributed by atoms with Crippen LogP contribution in [0.2, 0.25) is 5.02 Å². The van der Waals surface area contributed by atoms with E-state index < -0.39 is 11.9 Å². The molecule has 1 fully saturated rings. The number of anilines is 1. The van der Waals surface area contributed by atoms with Gasteiger partial charge in [-0.1, -0.05) is 11.6 Å². The average Bonchev–Trinajstić information content (AvgIpc) is 2.85. The van der Waals surface area contributed by atoms with Gasteiger partial charge in [0.1, 0.15) is 10.6 Å². The van der Waals surface area contributed by atoms with Gasteiger partial charge in [-0.2, -0.15) is 13.2 Å². The molecule has 2 aromatic rings. The van der Waals surface area contributed by atoms with Crippen LogP contribution in [-0.2, 0) is 6.18 Å². The van der Waals surface area contributed by atoms with Crippen molar-refractivity contribution in [1.82, 2.24) is 14.9 Å². The van der Waals surface area contributed by atoms with E-state index in [2.05, 4.69) is 9.97 Å². The first kappa shape index (κ1) is 17.9. The minimum atomic E-state index is -4.51. The summed E-state index contributed by atoms with van der Waals surface area (Å²) in [5.41, 5.74) is -0.972. The number of rotatable bonds is 2. The van der Waals surface area contributed by atoms with Gasteiger partial charge < -0.3 is 9.80 Å². The molecule has 0 N–H and O–H groups in total. The Hall–Kier alpha value is -1.87. The van der Waals surface area contributed by atoms with Gasteiger partial charge in [-0.05, 0) is 23.9 Å². The number of hydrogen-bond donors (Lipinski definition) is 0. The van der Waals surface area contributed by atoms with Gasteiger partial charge in [0.05, 0.1) is 5.02 Å². The predicted octanol–water partition coefficient (Wildman–Crippen LogP) is 3.56. The van der Waals surface area contributed by atoms with Crippen LogP contribution in [0.25, 0.3) is 0 Å². The Kier molecular flexibility index (Phi) is 5.14. The molecule has 3 heterocycles. The van der Waals surface area contributed by atoms with E-state index in [1.165, 1.54) is 11.3 Å². The van der Waals surface area contributed by atoms with Crippen LogP contribution in [0.4, 0.5) is 19.1 Å². The first-order chi connectivity index (χ1) is 11.9. The van der Waals surface area contributed by atoms with Gasteiger partial charge in [0, 0.05) is 32.4 Å². The number of halogens is 4. The third kappa shape index (κ3) is 4.04. The monoisotopic (exact) mass is 390 g/mol. The van der Waals surface area contributed by atoms with E-state index in [-0.39, 0.29) is 11.9 Å². The highest BCUT2D eigenvalue weighted by atomic mass is 35.5. The van der Waals surface area contributed by atoms with Crippen molar-refractivity contribution in [3.8, 4) is 0 Å². The number of amides is 1. The first-order valence-electron chi connectivity index (χ1n) is 7.54. The zero-order valence-corrected chi connectivity index (χ0v) is 14.5. The highest BCUT2D eigenvalue weighted by Crippen LogP contribution is 2.28. The summed E-state index contributed by atoms with van der Waals surface area (Å²) < 4.78 is 38.4. The summed E-state index contributed by atoms with van der Waals surface area (Å²) in [6.07, 6.45) is -2.81. The fourth-order valence-electron chi connectivity index (χ4n) is 2.57. The van der Waals surface area contributed by atoms with Gasteiger partial charge in [-0.15, -0.1) is 11.3 Å². The molecule has 1 aliphatic heterocycles. The number of carbonyl (C=O) groups is 1. The second-order valence-corrected chi connectivity index (χ2v) is 6.79. The fraction of sp³-hybridized carbons (Fsp3) is 0.400. The molecule has 25 heavy (non-hydrogen) atoms. The Morgan fingerprint density at radius 2 is 2.00 bits per heavy atom. The summed E-state index contributed by atoms with van der Waals surface area (Å²) in [5.74, 6) is -0.134. The summed E-state index contributed by atoms with van der Waals surface area (Å²) in [4.78, 5) is 23.9. The van der Waals surface area contributed by atoms with E-state index in [9.17, 15) is 18.0 Å². The van der Waals surface area contributed by atoms with E-state index in [0.29, 0.717) is 42.5 Å². The normalized spacial score (nSPS) is 16.0. The van der Waals surface area contributed by atoms with Crippen LogP contribution >= 0.6 is 22.9 Å². The lowest BCUT2D eigenvalue weighted by molar-refractivity contribution is -0.141. The Labute approximate surface area is 151 Å². The molecule has 2 aromatic heterocycles. The van der Waals surface area contributed by atoms with Gasteiger partial charge in [-0.25, -0.2) is 9.97 Å². The molecular weight excluding hydrogens is 377 g/mol. The van der Waals surface area contributed by atoms with Crippen LogP contribution in [-0.4, -0.2) is 47.0 Å². The van der Waals surface area contributed by atoms with Crippen molar-refractivity contribution in [2.45, 2.75) is 12.6 Å². The van der Waals surface area contributed by atoms with Crippen LogP contribution in [0.15, 0.2) is 23.7 Å². The standard InChI is InChI=1S/C15H14ClF3N4OS/c16-10-3-9-25-12(10)13(24)22-5-1-6-23(8-7-22)14-20-4-2-11(21-14)15(17,18)19/h2-4,9H,1,5-8H2. The minimum absolute atomic E-state index is 0.0262. The van der Waals surface area contributed by atoms with Crippen molar-refractivity contribution in [2.24, 2.45) is 0 Å². The largest absolute Gasteiger partial charge is 0.433 e. The Balaban J connectivity index is 1.72. The molecule has 0 saturated carbocycles. The van der Waals surface area contributed by atoms with Crippen molar-refractivity contribution in [2.75, 3.05) is 31.1 Å². The Morgan fingerprint density at radius 3 is 2.68 bits per heavy atom. The summed E-state index contributed by atoms with van der Waals surface area (Å²) in [6.45, 7) is 1.70. The van der Waals surface area contributed by atoms with E-state index >= 15 is 0 Å². The van der Waals surface area contributed by atoms with Crippen LogP contribution in [0.1, 0.15) is 21.8 Å². The lowest BCUT2D eigenvalue weighted by atomic mass is 10.3. The lowest BCUT2D eigenvalue weighted by Crippen LogP contribution is -2.35. The van der Waals surface area contributed by atoms with Crippen molar-refractivity contribution in [3.63, 3.8) is 0 Å². The highest BCUT2D eigenvalue weighted by molar-refractivity contribution is 7.12. The van der Waals surface area contributed by atoms with Crippen molar-refractivity contribution < 1.29 is 18.0 Å². The molecule has 0 aromatic carbocycles. The minimum Gasteiger partial charge on any atom is -0.339 e. The Morgan fingerprint density at radius 1 is 1.20 bits per heavy atom. The second kappa shape index (κ2) is 7.17. The summed E-state index contributed by atoms with van der Waals surface area (Å²) in [5, 5.41) is 2.16. The summed E-state index contributed by atoms with van der Waals surface area (Å²) >= 11 is 7.28. The van der Waals surface area contributed by atoms with E-state index in [0.717, 1.165) is 12.3 Å². The molecular formula is C15H14ClF3N4OS. The molecule has 134 valence electrons. The van der Waals surface area contributed by atoms with Crippen LogP contribution in [0.5, 0.6) is 0 Å². The van der Waals surface area contributed by atoms with E-state index in [4.69, 9.17) is 11.6 Å². The second-order valence-electron chi connectivity index (χ2n) is 5.47. The van der Waals surface area contributed by atoms with Crippen LogP contribution in [0.3, 0.4) is 0 Å². The maximum atomic E-state index is 12.8. The molecule has 0 aliphatic carbocycles. The van der Waals surface area contributed by atoms with Crippen molar-refractivity contribution in [3.05, 3.63) is 39.3 Å². The molecule has 10 heteroatoms. The number of alkyl halides is 3. The van der Waals surface area contributed by atoms with Gasteiger partial charge in [0.2, 0.25) is 5.95 Å². The molecule has 1 saturated heterocycles. The Bertz CT molecular complexity index is 767. The van der Waals surface area contributed by atoms with Gasteiger partial charge in [0.25, 0.3) is 5.91 Å². The number of thiophene rings is 1. The quantitative estimate of drug-likeness (QED) is 0.786. The molecule has 1 amide bonds. The van der Waals surface area contributed by atoms with E-state index in [1.54, 1.807) is 21.2 Å². The molecule has 0 radical (unpaired) electrons. The molecule has 0 atom stereocenters. The number of hydrogen-bond acceptors (Lipinski definition) is 5. The SMILES string of the molecule is O=C(c1sccc1Cl)N1CCCN(c2nccc(C(F)(F)F)n2)CC1. The van der Waals surface area contributed by atoms with Crippen LogP contribution < -0.4 is 4.90 Å². The smallest absolute Gasteiger partial charge is 0.339 e. The maximum absolute atomic E-state index is 12.8. The summed E-state index contributed by atoms with van der Waals surface area (Å²) in [7, 11) is 0. The number of aromatic nitrogens is 2. The predicted molar refractivity (Wildman–Crippen MR) is 89.1 cm³/mol. The average molecular weight is 391 g/mol. The molecule has 0 bridgehead atoms. The van der Waals surface area contributed by atoms with Gasteiger partial charge >= 0.3 is 6.18 Å². The number of carbonyl (C=O) groups excluding carboxylic acids is 1. The van der Waals surface area contributed by atoms with Gasteiger partial charge in [0.15, 0.2) is 0 Å². The topological polar surface area (TPSA) is 49.3 Å². The maximum Gasteiger partial charge on any atom is 0.433 e. The zero-order chi connectivity index (χ0) is 18.0. The lowest BCUT2D eigenvalue weighted by Gasteiger charge is -2.22. The fourth-order valence-corrected chi connectivity index (χ4v) is 3.67. The van der Waals surface area contributed by atoms with E-state index in [1.807, 2.05) is 0 Å². The van der Waals surface area contributed by atoms with Crippen molar-refractivity contribution >= 4 is 34.8 Å². The molecule has 5 nitrogen and oxygen atoms in total. The first-order valence-corrected chi connectivity index (χ1v) is 8.79. The molecule has 3 rings (SSSR count). The molecule has 0 spiro atoms. The molecule has 0 unspecified atom stereocenters. The van der Waals surface area contributed by atoms with Crippen LogP contribution in [0, 0.1) is 0 Å². The third-order valence-corrected chi connectivity index (χ3v) is 5.14. The third-order valence-electron chi connectivity index (χ3n) is 3.81. The number of nitrogens with zero attached hydrogens (tertiary/aromatic N) is 4. The highest BCUT2D eigenvalue weighted by Gasteiger charge is 2.33. The molecule has 1 aliphatic rings. The zero-order valence-electron chi connectivity index (χ0n) is 13.0. The van der Waals surface area contributed by atoms with Crippen molar-refractivity contribution in [1.29, 1.82) is 0 Å². The summed E-state index contributed by atoms with van der Waals surface area (Å²) in [6, 6.07) is 2.51. The van der Waals surface area contributed by atoms with Gasteiger partial charge in [-0.3, -0.25) is 4.79 Å².